The Morgan fingerprint density at radius 3 is 2.21 bits per heavy atom. The smallest absolute Gasteiger partial charge is 0.130 e. The SMILES string of the molecule is CC1C=CC=CC1c1c2c(c(C3=CCCC=C3)c3ccc(-c4ccc(C5Nc6ccccc6N5C5=CCCC=C5)cc4)cc13)=CCCC=2. The standard InChI is InChI=1S/C46H42N2/c1-31-14-8-9-19-37(31)45-39-21-11-10-20-38(39)44(33-15-4-2-5-16-33)40-29-28-35(30-41(40)45)32-24-26-34(27-25-32)46-47-42-22-12-13-23-43(42)48(46)36-17-6-3-7-18-36/h4,6,8-9,12-31,37,46-47H,2-3,5,7,10-11H2,1H3. The predicted molar refractivity (Wildman–Crippen MR) is 205 cm³/mol. The molecule has 0 amide bonds. The number of anilines is 2. The molecule has 0 saturated heterocycles. The average Bonchev–Trinajstić information content (AvgIpc) is 3.55. The van der Waals surface area contributed by atoms with Crippen LogP contribution in [0.2, 0.25) is 0 Å². The van der Waals surface area contributed by atoms with Gasteiger partial charge in [0.25, 0.3) is 0 Å². The Hall–Kier alpha value is -5.08. The van der Waals surface area contributed by atoms with Gasteiger partial charge in [0.05, 0.1) is 11.4 Å². The number of rotatable bonds is 5. The number of nitrogens with one attached hydrogen (secondary N) is 1. The summed E-state index contributed by atoms with van der Waals surface area (Å²) in [7, 11) is 0. The molecular formula is C46H42N2. The summed E-state index contributed by atoms with van der Waals surface area (Å²) in [6.45, 7) is 2.37. The molecule has 4 aromatic rings. The second kappa shape index (κ2) is 12.2. The second-order valence-electron chi connectivity index (χ2n) is 13.8. The van der Waals surface area contributed by atoms with Gasteiger partial charge < -0.3 is 10.2 Å². The lowest BCUT2D eigenvalue weighted by atomic mass is 9.77. The van der Waals surface area contributed by atoms with E-state index in [1.807, 2.05) is 0 Å². The molecule has 0 bridgehead atoms. The fraction of sp³-hybridized carbons (Fsp3) is 0.217. The molecule has 1 aliphatic heterocycles. The number of hydrogen-bond acceptors (Lipinski definition) is 2. The molecule has 5 aliphatic rings. The maximum atomic E-state index is 3.82. The van der Waals surface area contributed by atoms with Crippen LogP contribution in [0.1, 0.15) is 74.2 Å². The normalized spacial score (nSPS) is 22.4. The van der Waals surface area contributed by atoms with Crippen molar-refractivity contribution in [2.75, 3.05) is 10.2 Å². The molecule has 0 saturated carbocycles. The quantitative estimate of drug-likeness (QED) is 0.238. The Morgan fingerprint density at radius 1 is 0.667 bits per heavy atom. The van der Waals surface area contributed by atoms with Crippen molar-refractivity contribution in [3.8, 4) is 11.1 Å². The van der Waals surface area contributed by atoms with Crippen molar-refractivity contribution in [1.29, 1.82) is 0 Å². The Morgan fingerprint density at radius 2 is 1.42 bits per heavy atom. The molecule has 2 heteroatoms. The van der Waals surface area contributed by atoms with Crippen molar-refractivity contribution in [3.63, 3.8) is 0 Å². The van der Waals surface area contributed by atoms with Crippen LogP contribution in [-0.4, -0.2) is 0 Å². The summed E-state index contributed by atoms with van der Waals surface area (Å²) in [4.78, 5) is 2.46. The molecule has 0 spiro atoms. The Balaban J connectivity index is 1.17. The molecule has 4 aliphatic carbocycles. The Bertz CT molecular complexity index is 2240. The first-order chi connectivity index (χ1) is 23.7. The molecule has 1 N–H and O–H groups in total. The zero-order valence-corrected chi connectivity index (χ0v) is 27.7. The van der Waals surface area contributed by atoms with E-state index in [4.69, 9.17) is 0 Å². The topological polar surface area (TPSA) is 15.3 Å². The van der Waals surface area contributed by atoms with Crippen molar-refractivity contribution >= 4 is 39.9 Å². The lowest BCUT2D eigenvalue weighted by molar-refractivity contribution is 0.635. The lowest BCUT2D eigenvalue weighted by Crippen LogP contribution is -2.36. The third kappa shape index (κ3) is 4.94. The van der Waals surface area contributed by atoms with E-state index in [0.717, 1.165) is 38.5 Å². The van der Waals surface area contributed by atoms with Crippen molar-refractivity contribution in [3.05, 3.63) is 160 Å². The maximum absolute atomic E-state index is 3.82. The largest absolute Gasteiger partial charge is 0.359 e. The summed E-state index contributed by atoms with van der Waals surface area (Å²) < 4.78 is 0. The highest BCUT2D eigenvalue weighted by molar-refractivity contribution is 6.01. The summed E-state index contributed by atoms with van der Waals surface area (Å²) >= 11 is 0. The van der Waals surface area contributed by atoms with E-state index in [1.165, 1.54) is 71.7 Å². The van der Waals surface area contributed by atoms with Crippen LogP contribution < -0.4 is 20.7 Å². The number of fused-ring (bicyclic) bond motifs is 3. The van der Waals surface area contributed by atoms with Crippen LogP contribution in [0.4, 0.5) is 11.4 Å². The van der Waals surface area contributed by atoms with E-state index in [1.54, 1.807) is 0 Å². The number of para-hydroxylation sites is 2. The average molecular weight is 623 g/mol. The summed E-state index contributed by atoms with van der Waals surface area (Å²) in [5.74, 6) is 0.793. The van der Waals surface area contributed by atoms with Crippen LogP contribution in [0, 0.1) is 5.92 Å². The maximum Gasteiger partial charge on any atom is 0.130 e. The minimum atomic E-state index is 0.0546. The van der Waals surface area contributed by atoms with E-state index in [-0.39, 0.29) is 6.17 Å². The third-order valence-corrected chi connectivity index (χ3v) is 10.8. The molecular weight excluding hydrogens is 581 g/mol. The molecule has 4 aromatic carbocycles. The number of nitrogens with zero attached hydrogens (tertiary/aromatic N) is 1. The van der Waals surface area contributed by atoms with E-state index in [2.05, 4.69) is 157 Å². The highest BCUT2D eigenvalue weighted by atomic mass is 15.3. The summed E-state index contributed by atoms with van der Waals surface area (Å²) in [6, 6.07) is 25.2. The number of allylic oxidation sites excluding steroid dienone is 11. The van der Waals surface area contributed by atoms with E-state index >= 15 is 0 Å². The van der Waals surface area contributed by atoms with Gasteiger partial charge in [0.15, 0.2) is 0 Å². The highest BCUT2D eigenvalue weighted by Gasteiger charge is 2.32. The molecule has 2 nitrogen and oxygen atoms in total. The van der Waals surface area contributed by atoms with Gasteiger partial charge in [-0.3, -0.25) is 0 Å². The summed E-state index contributed by atoms with van der Waals surface area (Å²) in [5.41, 5.74) is 11.8. The zero-order chi connectivity index (χ0) is 32.0. The molecule has 0 aromatic heterocycles. The molecule has 3 atom stereocenters. The van der Waals surface area contributed by atoms with E-state index < -0.39 is 0 Å². The van der Waals surface area contributed by atoms with Gasteiger partial charge in [-0.25, -0.2) is 0 Å². The van der Waals surface area contributed by atoms with Crippen LogP contribution in [0.25, 0.3) is 39.6 Å². The number of hydrogen-bond donors (Lipinski definition) is 1. The van der Waals surface area contributed by atoms with Gasteiger partial charge in [0.1, 0.15) is 6.17 Å². The molecule has 1 heterocycles. The second-order valence-corrected chi connectivity index (χ2v) is 13.8. The first-order valence-corrected chi connectivity index (χ1v) is 17.9. The van der Waals surface area contributed by atoms with Gasteiger partial charge in [0.2, 0.25) is 0 Å². The van der Waals surface area contributed by atoms with Gasteiger partial charge in [-0.05, 0) is 123 Å². The van der Waals surface area contributed by atoms with Gasteiger partial charge in [-0.1, -0.05) is 122 Å². The minimum Gasteiger partial charge on any atom is -0.359 e. The minimum absolute atomic E-state index is 0.0546. The lowest BCUT2D eigenvalue weighted by Gasteiger charge is -2.29. The van der Waals surface area contributed by atoms with Crippen molar-refractivity contribution in [2.45, 2.75) is 57.5 Å². The van der Waals surface area contributed by atoms with Gasteiger partial charge in [0, 0.05) is 11.6 Å². The Labute approximate surface area is 284 Å². The molecule has 236 valence electrons. The van der Waals surface area contributed by atoms with Crippen LogP contribution >= 0.6 is 0 Å². The summed E-state index contributed by atoms with van der Waals surface area (Å²) in [6.07, 6.45) is 35.1. The van der Waals surface area contributed by atoms with Crippen molar-refractivity contribution in [2.24, 2.45) is 5.92 Å². The van der Waals surface area contributed by atoms with E-state index in [9.17, 15) is 0 Å². The van der Waals surface area contributed by atoms with Crippen molar-refractivity contribution < 1.29 is 0 Å². The zero-order valence-electron chi connectivity index (χ0n) is 27.7. The van der Waals surface area contributed by atoms with Crippen LogP contribution in [0.5, 0.6) is 0 Å². The van der Waals surface area contributed by atoms with Gasteiger partial charge in [-0.15, -0.1) is 0 Å². The molecule has 9 rings (SSSR count). The van der Waals surface area contributed by atoms with Crippen LogP contribution in [0.3, 0.4) is 0 Å². The number of benzene rings is 4. The molecule has 0 fully saturated rings. The predicted octanol–water partition coefficient (Wildman–Crippen LogP) is 10.6. The summed E-state index contributed by atoms with van der Waals surface area (Å²) in [5, 5.41) is 9.47. The monoisotopic (exact) mass is 622 g/mol. The molecule has 3 unspecified atom stereocenters. The first kappa shape index (κ1) is 29.1. The van der Waals surface area contributed by atoms with Gasteiger partial charge in [-0.2, -0.15) is 0 Å². The van der Waals surface area contributed by atoms with Crippen LogP contribution in [0.15, 0.2) is 133 Å². The highest BCUT2D eigenvalue weighted by Crippen LogP contribution is 2.45. The third-order valence-electron chi connectivity index (χ3n) is 10.8. The fourth-order valence-corrected chi connectivity index (χ4v) is 8.48. The Kier molecular flexibility index (Phi) is 7.38. The fourth-order valence-electron chi connectivity index (χ4n) is 8.48. The molecule has 48 heavy (non-hydrogen) atoms. The van der Waals surface area contributed by atoms with Crippen LogP contribution in [-0.2, 0) is 0 Å². The van der Waals surface area contributed by atoms with Crippen molar-refractivity contribution in [1.82, 2.24) is 0 Å². The van der Waals surface area contributed by atoms with E-state index in [0.29, 0.717) is 11.8 Å². The molecule has 0 radical (unpaired) electrons. The first-order valence-electron chi connectivity index (χ1n) is 17.9. The van der Waals surface area contributed by atoms with Gasteiger partial charge >= 0.3 is 0 Å².